The van der Waals surface area contributed by atoms with Crippen molar-refractivity contribution in [1.29, 1.82) is 0 Å². The SMILES string of the molecule is CC(C)N(C(=O)CCl)c1ccc(Cl)c(Cl)c1.CCC=O. The topological polar surface area (TPSA) is 37.4 Å². The number of aldehydes is 1. The molecule has 0 radical (unpaired) electrons. The van der Waals surface area contributed by atoms with Crippen molar-refractivity contribution < 1.29 is 9.59 Å². The van der Waals surface area contributed by atoms with Crippen LogP contribution in [0.25, 0.3) is 0 Å². The number of rotatable bonds is 4. The van der Waals surface area contributed by atoms with Gasteiger partial charge in [-0.1, -0.05) is 30.1 Å². The molecule has 0 atom stereocenters. The van der Waals surface area contributed by atoms with Crippen molar-refractivity contribution in [3.05, 3.63) is 28.2 Å². The van der Waals surface area contributed by atoms with E-state index in [0.717, 1.165) is 6.29 Å². The number of nitrogens with zero attached hydrogens (tertiary/aromatic N) is 1. The molecule has 3 nitrogen and oxygen atoms in total. The maximum atomic E-state index is 11.7. The summed E-state index contributed by atoms with van der Waals surface area (Å²) in [4.78, 5) is 22.4. The Labute approximate surface area is 134 Å². The molecule has 0 saturated heterocycles. The number of hydrogen-bond donors (Lipinski definition) is 0. The zero-order valence-corrected chi connectivity index (χ0v) is 14.0. The molecule has 0 spiro atoms. The number of alkyl halides is 1. The molecule has 0 heterocycles. The van der Waals surface area contributed by atoms with Gasteiger partial charge in [0.25, 0.3) is 0 Å². The molecule has 20 heavy (non-hydrogen) atoms. The predicted octanol–water partition coefficient (Wildman–Crippen LogP) is 4.57. The first-order chi connectivity index (χ1) is 9.38. The Hall–Kier alpha value is -0.770. The summed E-state index contributed by atoms with van der Waals surface area (Å²) in [5, 5.41) is 0.889. The Bertz CT molecular complexity index is 450. The van der Waals surface area contributed by atoms with Crippen molar-refractivity contribution in [2.75, 3.05) is 10.8 Å². The van der Waals surface area contributed by atoms with E-state index in [2.05, 4.69) is 0 Å². The third kappa shape index (κ3) is 6.12. The summed E-state index contributed by atoms with van der Waals surface area (Å²) >= 11 is 17.3. The summed E-state index contributed by atoms with van der Waals surface area (Å²) in [6, 6.07) is 5.09. The maximum absolute atomic E-state index is 11.7. The third-order valence-corrected chi connectivity index (χ3v) is 3.22. The van der Waals surface area contributed by atoms with E-state index in [1.165, 1.54) is 0 Å². The van der Waals surface area contributed by atoms with Crippen molar-refractivity contribution in [2.24, 2.45) is 0 Å². The standard InChI is InChI=1S/C11H12Cl3NO.C3H6O/c1-7(2)15(11(16)6-12)8-3-4-9(13)10(14)5-8;1-2-3-4/h3-5,7H,6H2,1-2H3;3H,2H2,1H3. The first-order valence-electron chi connectivity index (χ1n) is 6.15. The van der Waals surface area contributed by atoms with E-state index in [1.807, 2.05) is 20.8 Å². The van der Waals surface area contributed by atoms with Crippen LogP contribution in [0.4, 0.5) is 5.69 Å². The fraction of sp³-hybridized carbons (Fsp3) is 0.429. The van der Waals surface area contributed by atoms with Crippen LogP contribution in [0.15, 0.2) is 18.2 Å². The smallest absolute Gasteiger partial charge is 0.242 e. The summed E-state index contributed by atoms with van der Waals surface area (Å²) in [5.41, 5.74) is 0.704. The van der Waals surface area contributed by atoms with E-state index in [1.54, 1.807) is 23.1 Å². The molecular formula is C14H18Cl3NO2. The van der Waals surface area contributed by atoms with Crippen LogP contribution in [0.3, 0.4) is 0 Å². The van der Waals surface area contributed by atoms with Gasteiger partial charge in [-0.25, -0.2) is 0 Å². The number of carbonyl (C=O) groups excluding carboxylic acids is 2. The fourth-order valence-electron chi connectivity index (χ4n) is 1.43. The second kappa shape index (κ2) is 10.0. The van der Waals surface area contributed by atoms with Gasteiger partial charge < -0.3 is 9.69 Å². The van der Waals surface area contributed by atoms with Gasteiger partial charge in [0.1, 0.15) is 12.2 Å². The Kier molecular flexibility index (Phi) is 9.64. The van der Waals surface area contributed by atoms with Crippen LogP contribution >= 0.6 is 34.8 Å². The molecule has 6 heteroatoms. The minimum Gasteiger partial charge on any atom is -0.309 e. The molecule has 0 aliphatic rings. The van der Waals surface area contributed by atoms with Crippen molar-refractivity contribution >= 4 is 52.7 Å². The van der Waals surface area contributed by atoms with Crippen LogP contribution in [0.2, 0.25) is 10.0 Å². The van der Waals surface area contributed by atoms with E-state index < -0.39 is 0 Å². The Morgan fingerprint density at radius 3 is 2.20 bits per heavy atom. The lowest BCUT2D eigenvalue weighted by molar-refractivity contribution is -0.116. The van der Waals surface area contributed by atoms with Crippen LogP contribution in [0.5, 0.6) is 0 Å². The van der Waals surface area contributed by atoms with Gasteiger partial charge in [0.15, 0.2) is 0 Å². The number of carbonyl (C=O) groups is 2. The monoisotopic (exact) mass is 337 g/mol. The Morgan fingerprint density at radius 2 is 1.85 bits per heavy atom. The number of amides is 1. The normalized spacial score (nSPS) is 9.75. The lowest BCUT2D eigenvalue weighted by Crippen LogP contribution is -2.37. The maximum Gasteiger partial charge on any atom is 0.242 e. The average molecular weight is 339 g/mol. The minimum atomic E-state index is -0.157. The summed E-state index contributed by atoms with van der Waals surface area (Å²) in [6.45, 7) is 5.63. The van der Waals surface area contributed by atoms with Gasteiger partial charge in [0.2, 0.25) is 5.91 Å². The molecule has 1 amide bonds. The quantitative estimate of drug-likeness (QED) is 0.596. The van der Waals surface area contributed by atoms with Gasteiger partial charge >= 0.3 is 0 Å². The van der Waals surface area contributed by atoms with Gasteiger partial charge in [-0.2, -0.15) is 0 Å². The van der Waals surface area contributed by atoms with Crippen molar-refractivity contribution in [1.82, 2.24) is 0 Å². The van der Waals surface area contributed by atoms with Crippen molar-refractivity contribution in [2.45, 2.75) is 33.2 Å². The Morgan fingerprint density at radius 1 is 1.30 bits per heavy atom. The zero-order valence-electron chi connectivity index (χ0n) is 11.7. The van der Waals surface area contributed by atoms with E-state index in [9.17, 15) is 9.59 Å². The number of hydrogen-bond acceptors (Lipinski definition) is 2. The summed E-state index contributed by atoms with van der Waals surface area (Å²) in [7, 11) is 0. The molecule has 1 aromatic carbocycles. The van der Waals surface area contributed by atoms with Crippen LogP contribution in [-0.2, 0) is 9.59 Å². The molecule has 0 N–H and O–H groups in total. The van der Waals surface area contributed by atoms with E-state index in [-0.39, 0.29) is 17.8 Å². The number of anilines is 1. The molecule has 0 aromatic heterocycles. The molecule has 0 bridgehead atoms. The fourth-order valence-corrected chi connectivity index (χ4v) is 1.85. The van der Waals surface area contributed by atoms with Gasteiger partial charge in [-0.3, -0.25) is 4.79 Å². The van der Waals surface area contributed by atoms with E-state index in [0.29, 0.717) is 22.2 Å². The van der Waals surface area contributed by atoms with Gasteiger partial charge in [-0.05, 0) is 32.0 Å². The lowest BCUT2D eigenvalue weighted by Gasteiger charge is -2.26. The minimum absolute atomic E-state index is 0.0171. The number of benzene rings is 1. The predicted molar refractivity (Wildman–Crippen MR) is 86.2 cm³/mol. The van der Waals surface area contributed by atoms with Crippen molar-refractivity contribution in [3.8, 4) is 0 Å². The highest BCUT2D eigenvalue weighted by atomic mass is 35.5. The largest absolute Gasteiger partial charge is 0.309 e. The molecule has 112 valence electrons. The molecule has 0 aliphatic carbocycles. The summed E-state index contributed by atoms with van der Waals surface area (Å²) in [6.07, 6.45) is 1.51. The second-order valence-electron chi connectivity index (χ2n) is 4.16. The van der Waals surface area contributed by atoms with Crippen LogP contribution in [-0.4, -0.2) is 24.1 Å². The van der Waals surface area contributed by atoms with Crippen LogP contribution < -0.4 is 4.90 Å². The first kappa shape index (κ1) is 19.2. The van der Waals surface area contributed by atoms with Gasteiger partial charge in [0.05, 0.1) is 10.0 Å². The molecule has 1 rings (SSSR count). The molecule has 1 aromatic rings. The van der Waals surface area contributed by atoms with Gasteiger partial charge in [-0.15, -0.1) is 11.6 Å². The summed E-state index contributed by atoms with van der Waals surface area (Å²) < 4.78 is 0. The highest BCUT2D eigenvalue weighted by Crippen LogP contribution is 2.28. The second-order valence-corrected chi connectivity index (χ2v) is 5.25. The molecule has 0 fully saturated rings. The zero-order chi connectivity index (χ0) is 15.7. The average Bonchev–Trinajstić information content (AvgIpc) is 2.42. The van der Waals surface area contributed by atoms with E-state index in [4.69, 9.17) is 34.8 Å². The highest BCUT2D eigenvalue weighted by molar-refractivity contribution is 6.42. The lowest BCUT2D eigenvalue weighted by atomic mass is 10.2. The van der Waals surface area contributed by atoms with Gasteiger partial charge in [0, 0.05) is 18.2 Å². The third-order valence-electron chi connectivity index (χ3n) is 2.25. The molecule has 0 aliphatic heterocycles. The van der Waals surface area contributed by atoms with Crippen molar-refractivity contribution in [3.63, 3.8) is 0 Å². The molecule has 0 unspecified atom stereocenters. The first-order valence-corrected chi connectivity index (χ1v) is 7.44. The summed E-state index contributed by atoms with van der Waals surface area (Å²) in [5.74, 6) is -0.214. The Balaban J connectivity index is 0.000000796. The number of halogens is 3. The molecular weight excluding hydrogens is 321 g/mol. The molecule has 0 saturated carbocycles. The van der Waals surface area contributed by atoms with Crippen LogP contribution in [0.1, 0.15) is 27.2 Å². The van der Waals surface area contributed by atoms with E-state index >= 15 is 0 Å². The van der Waals surface area contributed by atoms with Crippen LogP contribution in [0, 0.1) is 0 Å². The highest BCUT2D eigenvalue weighted by Gasteiger charge is 2.18.